The predicted molar refractivity (Wildman–Crippen MR) is 144 cm³/mol. The molecular formula is C25H28Cl2N6O6. The van der Waals surface area contributed by atoms with Gasteiger partial charge in [0, 0.05) is 24.7 Å². The van der Waals surface area contributed by atoms with Gasteiger partial charge in [0.05, 0.1) is 15.7 Å². The van der Waals surface area contributed by atoms with Crippen LogP contribution in [0.3, 0.4) is 0 Å². The Kier molecular flexibility index (Phi) is 8.17. The molecule has 2 N–H and O–H groups in total. The summed E-state index contributed by atoms with van der Waals surface area (Å²) < 4.78 is 12.2. The average Bonchev–Trinajstić information content (AvgIpc) is 2.85. The topological polar surface area (TPSA) is 152 Å². The van der Waals surface area contributed by atoms with Gasteiger partial charge in [-0.05, 0) is 65.0 Å². The molecule has 2 aromatic heterocycles. The number of ether oxygens (including phenoxy) is 2. The smallest absolute Gasteiger partial charge is 0.410 e. The minimum atomic E-state index is -0.754. The zero-order valence-corrected chi connectivity index (χ0v) is 23.4. The van der Waals surface area contributed by atoms with E-state index >= 15 is 0 Å². The monoisotopic (exact) mass is 578 g/mol. The molecule has 0 radical (unpaired) electrons. The third kappa shape index (κ3) is 6.87. The number of H-pyrrole nitrogens is 2. The van der Waals surface area contributed by atoms with Crippen molar-refractivity contribution in [2.75, 3.05) is 13.1 Å². The number of hydrogen-bond donors (Lipinski definition) is 2. The highest BCUT2D eigenvalue weighted by Gasteiger charge is 2.27. The molecule has 208 valence electrons. The minimum absolute atomic E-state index is 0.0547. The van der Waals surface area contributed by atoms with Crippen molar-refractivity contribution in [1.29, 1.82) is 0 Å². The number of aromatic nitrogens is 5. The second-order valence-corrected chi connectivity index (χ2v) is 11.1. The van der Waals surface area contributed by atoms with E-state index in [1.54, 1.807) is 4.90 Å². The molecule has 0 spiro atoms. The summed E-state index contributed by atoms with van der Waals surface area (Å²) in [6.45, 7) is 8.01. The fourth-order valence-electron chi connectivity index (χ4n) is 4.11. The van der Waals surface area contributed by atoms with Gasteiger partial charge in [0.2, 0.25) is 5.88 Å². The van der Waals surface area contributed by atoms with Crippen molar-refractivity contribution in [1.82, 2.24) is 29.9 Å². The first-order valence-electron chi connectivity index (χ1n) is 12.2. The van der Waals surface area contributed by atoms with Crippen molar-refractivity contribution in [2.24, 2.45) is 5.92 Å². The molecule has 1 aliphatic rings. The molecule has 12 nitrogen and oxygen atoms in total. The van der Waals surface area contributed by atoms with Crippen molar-refractivity contribution in [3.63, 3.8) is 0 Å². The van der Waals surface area contributed by atoms with Gasteiger partial charge in [-0.3, -0.25) is 14.6 Å². The second kappa shape index (κ2) is 11.2. The van der Waals surface area contributed by atoms with E-state index in [9.17, 15) is 19.2 Å². The van der Waals surface area contributed by atoms with E-state index < -0.39 is 16.9 Å². The van der Waals surface area contributed by atoms with Gasteiger partial charge in [0.25, 0.3) is 11.1 Å². The van der Waals surface area contributed by atoms with Crippen LogP contribution in [0.2, 0.25) is 10.0 Å². The summed E-state index contributed by atoms with van der Waals surface area (Å²) in [5.74, 6) is 0.313. The van der Waals surface area contributed by atoms with Gasteiger partial charge >= 0.3 is 11.8 Å². The fourth-order valence-corrected chi connectivity index (χ4v) is 4.67. The van der Waals surface area contributed by atoms with Crippen molar-refractivity contribution in [3.8, 4) is 17.3 Å². The first-order valence-corrected chi connectivity index (χ1v) is 13.0. The van der Waals surface area contributed by atoms with Crippen LogP contribution in [0.25, 0.3) is 5.69 Å². The lowest BCUT2D eigenvalue weighted by Crippen LogP contribution is -2.42. The predicted octanol–water partition coefficient (Wildman–Crippen LogP) is 3.60. The number of rotatable bonds is 5. The lowest BCUT2D eigenvalue weighted by Gasteiger charge is -2.33. The Morgan fingerprint density at radius 1 is 1.08 bits per heavy atom. The molecule has 1 amide bonds. The van der Waals surface area contributed by atoms with E-state index in [0.29, 0.717) is 37.9 Å². The number of piperidine rings is 1. The number of likely N-dealkylation sites (tertiary alicyclic amines) is 1. The van der Waals surface area contributed by atoms with Crippen molar-refractivity contribution in [2.45, 2.75) is 52.6 Å². The molecular weight excluding hydrogens is 551 g/mol. The number of nitrogens with one attached hydrogen (secondary N) is 2. The van der Waals surface area contributed by atoms with Crippen LogP contribution < -0.4 is 21.5 Å². The second-order valence-electron chi connectivity index (χ2n) is 10.3. The van der Waals surface area contributed by atoms with E-state index in [0.717, 1.165) is 4.68 Å². The highest BCUT2D eigenvalue weighted by atomic mass is 35.5. The maximum absolute atomic E-state index is 12.5. The first kappa shape index (κ1) is 28.4. The van der Waals surface area contributed by atoms with E-state index in [-0.39, 0.29) is 50.6 Å². The Hall–Kier alpha value is -3.64. The third-order valence-electron chi connectivity index (χ3n) is 6.06. The van der Waals surface area contributed by atoms with E-state index in [1.807, 2.05) is 20.8 Å². The number of carbonyl (C=O) groups excluding carboxylic acids is 1. The molecule has 0 aliphatic carbocycles. The maximum atomic E-state index is 12.5. The molecule has 1 aromatic carbocycles. The molecule has 0 unspecified atom stereocenters. The first-order chi connectivity index (χ1) is 18.3. The van der Waals surface area contributed by atoms with Gasteiger partial charge < -0.3 is 14.4 Å². The largest absolute Gasteiger partial charge is 0.444 e. The van der Waals surface area contributed by atoms with Crippen LogP contribution in [0, 0.1) is 12.8 Å². The number of aryl methyl sites for hydroxylation is 1. The number of carbonyl (C=O) groups is 1. The van der Waals surface area contributed by atoms with Crippen LogP contribution in [-0.4, -0.2) is 54.6 Å². The third-order valence-corrected chi connectivity index (χ3v) is 6.62. The summed E-state index contributed by atoms with van der Waals surface area (Å²) in [6, 6.07) is 4.33. The highest BCUT2D eigenvalue weighted by molar-refractivity contribution is 6.37. The number of aromatic amines is 2. The van der Waals surface area contributed by atoms with Crippen molar-refractivity contribution >= 4 is 29.3 Å². The molecule has 1 aliphatic heterocycles. The molecule has 1 fully saturated rings. The van der Waals surface area contributed by atoms with Crippen LogP contribution in [0.5, 0.6) is 11.6 Å². The molecule has 1 saturated heterocycles. The van der Waals surface area contributed by atoms with Crippen molar-refractivity contribution in [3.05, 3.63) is 70.7 Å². The standard InChI is InChI=1S/C25H28Cl2N6O6/c1-13-21(34)28-23(36)33(31-13)16-11-17(26)20(18(27)12-16)38-19-10-15(22(35)30-29-19)9-14-5-7-32(8-6-14)24(37)39-25(2,3)4/h10-12,14H,5-9H2,1-4H3,(H,30,35)(H,28,34,36). The molecule has 39 heavy (non-hydrogen) atoms. The van der Waals surface area contributed by atoms with Crippen LogP contribution in [0.4, 0.5) is 4.79 Å². The summed E-state index contributed by atoms with van der Waals surface area (Å²) in [4.78, 5) is 52.4. The number of hydrogen-bond acceptors (Lipinski definition) is 8. The lowest BCUT2D eigenvalue weighted by atomic mass is 9.91. The summed E-state index contributed by atoms with van der Waals surface area (Å²) in [5, 5.41) is 10.5. The van der Waals surface area contributed by atoms with Gasteiger partial charge in [0.1, 0.15) is 11.3 Å². The Balaban J connectivity index is 1.47. The zero-order chi connectivity index (χ0) is 28.5. The molecule has 3 aromatic rings. The Labute approximate surface area is 232 Å². The summed E-state index contributed by atoms with van der Waals surface area (Å²) >= 11 is 12.8. The summed E-state index contributed by atoms with van der Waals surface area (Å²) in [7, 11) is 0. The van der Waals surface area contributed by atoms with Gasteiger partial charge in [-0.15, -0.1) is 5.10 Å². The van der Waals surface area contributed by atoms with Gasteiger partial charge in [-0.2, -0.15) is 9.78 Å². The van der Waals surface area contributed by atoms with Crippen LogP contribution in [0.15, 0.2) is 32.6 Å². The minimum Gasteiger partial charge on any atom is -0.444 e. The van der Waals surface area contributed by atoms with Crippen molar-refractivity contribution < 1.29 is 14.3 Å². The van der Waals surface area contributed by atoms with E-state index in [2.05, 4.69) is 20.3 Å². The quantitative estimate of drug-likeness (QED) is 0.465. The molecule has 0 saturated carbocycles. The number of amides is 1. The molecule has 4 rings (SSSR count). The fraction of sp³-hybridized carbons (Fsp3) is 0.440. The molecule has 14 heteroatoms. The van der Waals surface area contributed by atoms with E-state index in [1.165, 1.54) is 25.1 Å². The van der Waals surface area contributed by atoms with Crippen LogP contribution in [0.1, 0.15) is 44.9 Å². The van der Waals surface area contributed by atoms with Gasteiger partial charge in [-0.1, -0.05) is 23.2 Å². The molecule has 3 heterocycles. The van der Waals surface area contributed by atoms with E-state index in [4.69, 9.17) is 32.7 Å². The Morgan fingerprint density at radius 2 is 1.72 bits per heavy atom. The number of benzene rings is 1. The van der Waals surface area contributed by atoms with Crippen LogP contribution >= 0.6 is 23.2 Å². The average molecular weight is 579 g/mol. The Bertz CT molecular complexity index is 1540. The van der Waals surface area contributed by atoms with Gasteiger partial charge in [-0.25, -0.2) is 14.7 Å². The summed E-state index contributed by atoms with van der Waals surface area (Å²) in [6.07, 6.45) is 1.56. The van der Waals surface area contributed by atoms with Gasteiger partial charge in [0.15, 0.2) is 5.75 Å². The number of halogens is 2. The molecule has 0 atom stereocenters. The number of nitrogens with zero attached hydrogens (tertiary/aromatic N) is 4. The normalized spacial score (nSPS) is 14.4. The maximum Gasteiger partial charge on any atom is 0.410 e. The zero-order valence-electron chi connectivity index (χ0n) is 21.8. The Morgan fingerprint density at radius 3 is 2.33 bits per heavy atom. The van der Waals surface area contributed by atoms with Crippen LogP contribution in [-0.2, 0) is 11.2 Å². The summed E-state index contributed by atoms with van der Waals surface area (Å²) in [5.41, 5.74) is -1.48. The SMILES string of the molecule is Cc1nn(-c2cc(Cl)c(Oc3cc(CC4CCN(C(=O)OC(C)(C)C)CC4)c(=O)[nH]n3)c(Cl)c2)c(=O)[nH]c1=O. The lowest BCUT2D eigenvalue weighted by molar-refractivity contribution is 0.0184. The highest BCUT2D eigenvalue weighted by Crippen LogP contribution is 2.37. The molecule has 0 bridgehead atoms.